The first-order chi connectivity index (χ1) is 10.3. The van der Waals surface area contributed by atoms with E-state index in [9.17, 15) is 4.79 Å². The topological polar surface area (TPSA) is 47.4 Å². The number of rotatable bonds is 5. The molecule has 0 bridgehead atoms. The van der Waals surface area contributed by atoms with Gasteiger partial charge in [0.15, 0.2) is 5.78 Å². The van der Waals surface area contributed by atoms with Crippen LogP contribution in [0.1, 0.15) is 23.1 Å². The van der Waals surface area contributed by atoms with Gasteiger partial charge in [0.1, 0.15) is 11.6 Å². The zero-order valence-electron chi connectivity index (χ0n) is 12.2. The molecule has 0 saturated heterocycles. The molecule has 0 spiro atoms. The number of hydrogen-bond donors (Lipinski definition) is 0. The van der Waals surface area contributed by atoms with Gasteiger partial charge >= 0.3 is 0 Å². The Kier molecular flexibility index (Phi) is 4.01. The van der Waals surface area contributed by atoms with Gasteiger partial charge in [0.05, 0.1) is 19.7 Å². The highest BCUT2D eigenvalue weighted by molar-refractivity contribution is 5.97. The number of hydrogen-bond acceptors (Lipinski definition) is 4. The van der Waals surface area contributed by atoms with Crippen LogP contribution in [0.2, 0.25) is 0 Å². The van der Waals surface area contributed by atoms with Gasteiger partial charge in [-0.15, -0.1) is 0 Å². The lowest BCUT2D eigenvalue weighted by Gasteiger charge is -2.26. The first kappa shape index (κ1) is 13.8. The lowest BCUT2D eigenvalue weighted by molar-refractivity contribution is 0.0908. The van der Waals surface area contributed by atoms with Crippen molar-refractivity contribution in [3.8, 4) is 5.75 Å². The van der Waals surface area contributed by atoms with Crippen LogP contribution in [-0.2, 0) is 13.1 Å². The number of benzene rings is 1. The molecule has 5 heteroatoms. The largest absolute Gasteiger partial charge is 0.494 e. The van der Waals surface area contributed by atoms with Crippen molar-refractivity contribution in [1.29, 1.82) is 0 Å². The molecule has 0 fully saturated rings. The highest BCUT2D eigenvalue weighted by Gasteiger charge is 2.19. The van der Waals surface area contributed by atoms with Gasteiger partial charge in [-0.05, 0) is 31.2 Å². The first-order valence-corrected chi connectivity index (χ1v) is 7.24. The quantitative estimate of drug-likeness (QED) is 0.788. The van der Waals surface area contributed by atoms with Crippen LogP contribution in [-0.4, -0.2) is 39.9 Å². The average Bonchev–Trinajstić information content (AvgIpc) is 2.96. The Bertz CT molecular complexity index is 619. The van der Waals surface area contributed by atoms with Crippen LogP contribution >= 0.6 is 0 Å². The molecule has 1 aromatic heterocycles. The van der Waals surface area contributed by atoms with Gasteiger partial charge < -0.3 is 9.30 Å². The van der Waals surface area contributed by atoms with Crippen LogP contribution in [0.3, 0.4) is 0 Å². The highest BCUT2D eigenvalue weighted by atomic mass is 16.5. The second-order valence-electron chi connectivity index (χ2n) is 5.13. The molecule has 0 unspecified atom stereocenters. The Morgan fingerprint density at radius 1 is 1.29 bits per heavy atom. The molecule has 0 atom stereocenters. The number of nitrogens with zero attached hydrogens (tertiary/aromatic N) is 3. The maximum Gasteiger partial charge on any atom is 0.176 e. The third-order valence-corrected chi connectivity index (χ3v) is 3.68. The number of fused-ring (bicyclic) bond motifs is 1. The lowest BCUT2D eigenvalue weighted by Crippen LogP contribution is -2.37. The second kappa shape index (κ2) is 6.10. The molecule has 0 radical (unpaired) electrons. The summed E-state index contributed by atoms with van der Waals surface area (Å²) in [6.45, 7) is 5.52. The van der Waals surface area contributed by atoms with Gasteiger partial charge in [0.25, 0.3) is 0 Å². The summed E-state index contributed by atoms with van der Waals surface area (Å²) >= 11 is 0. The predicted molar refractivity (Wildman–Crippen MR) is 79.4 cm³/mol. The number of Topliss-reactive ketones (excluding diaryl/α,β-unsaturated/α-hetero) is 1. The molecule has 2 heterocycles. The van der Waals surface area contributed by atoms with E-state index in [1.165, 1.54) is 0 Å². The van der Waals surface area contributed by atoms with E-state index in [-0.39, 0.29) is 5.78 Å². The van der Waals surface area contributed by atoms with Crippen molar-refractivity contribution in [2.45, 2.75) is 20.0 Å². The van der Waals surface area contributed by atoms with Gasteiger partial charge in [-0.1, -0.05) is 0 Å². The molecule has 3 rings (SSSR count). The van der Waals surface area contributed by atoms with Crippen LogP contribution in [0, 0.1) is 0 Å². The molecule has 5 nitrogen and oxygen atoms in total. The third kappa shape index (κ3) is 3.13. The second-order valence-corrected chi connectivity index (χ2v) is 5.13. The van der Waals surface area contributed by atoms with Crippen molar-refractivity contribution in [3.05, 3.63) is 48.0 Å². The summed E-state index contributed by atoms with van der Waals surface area (Å²) in [6.07, 6.45) is 3.80. The average molecular weight is 285 g/mol. The standard InChI is InChI=1S/C16H19N3O2/c1-2-21-14-5-3-13(4-6-14)15(20)11-18-9-10-19-8-7-17-16(19)12-18/h3-8H,2,9-12H2,1H3. The van der Waals surface area contributed by atoms with E-state index >= 15 is 0 Å². The fraction of sp³-hybridized carbons (Fsp3) is 0.375. The van der Waals surface area contributed by atoms with Crippen LogP contribution in [0.4, 0.5) is 0 Å². The molecule has 2 aromatic rings. The number of ether oxygens (including phenoxy) is 1. The van der Waals surface area contributed by atoms with Crippen LogP contribution in [0.5, 0.6) is 5.75 Å². The van der Waals surface area contributed by atoms with Crippen molar-refractivity contribution in [1.82, 2.24) is 14.5 Å². The minimum absolute atomic E-state index is 0.137. The first-order valence-electron chi connectivity index (χ1n) is 7.24. The monoisotopic (exact) mass is 285 g/mol. The molecule has 0 amide bonds. The molecular weight excluding hydrogens is 266 g/mol. The minimum atomic E-state index is 0.137. The summed E-state index contributed by atoms with van der Waals surface area (Å²) in [7, 11) is 0. The number of ketones is 1. The summed E-state index contributed by atoms with van der Waals surface area (Å²) in [5, 5.41) is 0. The van der Waals surface area contributed by atoms with E-state index in [0.717, 1.165) is 36.8 Å². The third-order valence-electron chi connectivity index (χ3n) is 3.68. The Labute approximate surface area is 124 Å². The van der Waals surface area contributed by atoms with Crippen molar-refractivity contribution in [2.75, 3.05) is 19.7 Å². The molecule has 0 aliphatic carbocycles. The van der Waals surface area contributed by atoms with E-state index in [0.29, 0.717) is 13.2 Å². The number of aromatic nitrogens is 2. The fourth-order valence-corrected chi connectivity index (χ4v) is 2.56. The highest BCUT2D eigenvalue weighted by Crippen LogP contribution is 2.14. The summed E-state index contributed by atoms with van der Waals surface area (Å²) in [4.78, 5) is 18.8. The van der Waals surface area contributed by atoms with Crippen molar-refractivity contribution >= 4 is 5.78 Å². The van der Waals surface area contributed by atoms with E-state index in [4.69, 9.17) is 4.74 Å². The Morgan fingerprint density at radius 2 is 2.10 bits per heavy atom. The van der Waals surface area contributed by atoms with Gasteiger partial charge in [-0.3, -0.25) is 9.69 Å². The molecule has 1 aliphatic rings. The molecule has 21 heavy (non-hydrogen) atoms. The summed E-state index contributed by atoms with van der Waals surface area (Å²) in [5.41, 5.74) is 0.729. The zero-order chi connectivity index (χ0) is 14.7. The van der Waals surface area contributed by atoms with Gasteiger partial charge in [-0.25, -0.2) is 4.98 Å². The summed E-state index contributed by atoms with van der Waals surface area (Å²) in [6, 6.07) is 7.36. The predicted octanol–water partition coefficient (Wildman–Crippen LogP) is 1.98. The van der Waals surface area contributed by atoms with Gasteiger partial charge in [0.2, 0.25) is 0 Å². The molecular formula is C16H19N3O2. The molecule has 1 aliphatic heterocycles. The minimum Gasteiger partial charge on any atom is -0.494 e. The molecule has 110 valence electrons. The number of carbonyl (C=O) groups is 1. The SMILES string of the molecule is CCOc1ccc(C(=O)CN2CCn3ccnc3C2)cc1. The summed E-state index contributed by atoms with van der Waals surface area (Å²) < 4.78 is 7.52. The fourth-order valence-electron chi connectivity index (χ4n) is 2.56. The van der Waals surface area contributed by atoms with Crippen molar-refractivity contribution < 1.29 is 9.53 Å². The Balaban J connectivity index is 1.61. The zero-order valence-corrected chi connectivity index (χ0v) is 12.2. The summed E-state index contributed by atoms with van der Waals surface area (Å²) in [5.74, 6) is 1.97. The van der Waals surface area contributed by atoms with Crippen LogP contribution < -0.4 is 4.74 Å². The normalized spacial score (nSPS) is 14.7. The molecule has 1 aromatic carbocycles. The molecule has 0 N–H and O–H groups in total. The van der Waals surface area contributed by atoms with E-state index in [2.05, 4.69) is 14.5 Å². The Morgan fingerprint density at radius 3 is 2.86 bits per heavy atom. The van der Waals surface area contributed by atoms with E-state index in [1.54, 1.807) is 0 Å². The van der Waals surface area contributed by atoms with E-state index < -0.39 is 0 Å². The van der Waals surface area contributed by atoms with Crippen LogP contribution in [0.15, 0.2) is 36.7 Å². The Hall–Kier alpha value is -2.14. The van der Waals surface area contributed by atoms with E-state index in [1.807, 2.05) is 43.6 Å². The van der Waals surface area contributed by atoms with Gasteiger partial charge in [0, 0.05) is 31.0 Å². The van der Waals surface area contributed by atoms with Crippen LogP contribution in [0.25, 0.3) is 0 Å². The smallest absolute Gasteiger partial charge is 0.176 e. The number of carbonyl (C=O) groups excluding carboxylic acids is 1. The number of imidazole rings is 1. The van der Waals surface area contributed by atoms with Gasteiger partial charge in [-0.2, -0.15) is 0 Å². The maximum atomic E-state index is 12.3. The van der Waals surface area contributed by atoms with Crippen molar-refractivity contribution in [2.24, 2.45) is 0 Å². The van der Waals surface area contributed by atoms with Crippen molar-refractivity contribution in [3.63, 3.8) is 0 Å². The molecule has 0 saturated carbocycles. The lowest BCUT2D eigenvalue weighted by atomic mass is 10.1. The maximum absolute atomic E-state index is 12.3.